The van der Waals surface area contributed by atoms with E-state index < -0.39 is 23.5 Å². The van der Waals surface area contributed by atoms with Crippen LogP contribution in [0, 0.1) is 5.82 Å². The van der Waals surface area contributed by atoms with E-state index in [1.165, 1.54) is 23.7 Å². The molecule has 0 bridgehead atoms. The number of carbonyl (C=O) groups is 1. The molecule has 3 rings (SSSR count). The number of pyridine rings is 1. The molecule has 0 amide bonds. The molecule has 3 aromatic rings. The third kappa shape index (κ3) is 3.68. The van der Waals surface area contributed by atoms with E-state index in [0.717, 1.165) is 0 Å². The zero-order valence-electron chi connectivity index (χ0n) is 16.2. The Bertz CT molecular complexity index is 1090. The molecular weight excluding hydrogens is 361 g/mol. The first-order chi connectivity index (χ1) is 13.1. The summed E-state index contributed by atoms with van der Waals surface area (Å²) in [6.45, 7) is 5.25. The SMILES string of the molecule is Cn1c(C(OC(C)(C)C)C(=O)O)c(-c2ccc(F)cc2)c2ccccc2c1=O. The first kappa shape index (κ1) is 19.8. The Kier molecular flexibility index (Phi) is 5.08. The highest BCUT2D eigenvalue weighted by Gasteiger charge is 2.32. The van der Waals surface area contributed by atoms with Crippen LogP contribution in [0.4, 0.5) is 4.39 Å². The lowest BCUT2D eigenvalue weighted by Crippen LogP contribution is -2.32. The molecule has 1 atom stereocenters. The van der Waals surface area contributed by atoms with E-state index in [-0.39, 0.29) is 11.3 Å². The number of aromatic nitrogens is 1. The van der Waals surface area contributed by atoms with Crippen LogP contribution in [0.2, 0.25) is 0 Å². The Morgan fingerprint density at radius 1 is 1.07 bits per heavy atom. The molecular formula is C22H22FNO4. The summed E-state index contributed by atoms with van der Waals surface area (Å²) in [5.41, 5.74) is 0.282. The lowest BCUT2D eigenvalue weighted by Gasteiger charge is -2.28. The van der Waals surface area contributed by atoms with E-state index >= 15 is 0 Å². The third-order valence-electron chi connectivity index (χ3n) is 4.43. The van der Waals surface area contributed by atoms with Gasteiger partial charge in [0.05, 0.1) is 11.3 Å². The summed E-state index contributed by atoms with van der Waals surface area (Å²) >= 11 is 0. The van der Waals surface area contributed by atoms with Crippen LogP contribution in [-0.2, 0) is 16.6 Å². The number of aliphatic carboxylic acids is 1. The molecule has 1 aromatic heterocycles. The van der Waals surface area contributed by atoms with Gasteiger partial charge in [-0.05, 0) is 49.9 Å². The summed E-state index contributed by atoms with van der Waals surface area (Å²) in [4.78, 5) is 25.0. The van der Waals surface area contributed by atoms with Gasteiger partial charge in [0.1, 0.15) is 5.82 Å². The van der Waals surface area contributed by atoms with Gasteiger partial charge in [0.2, 0.25) is 0 Å². The summed E-state index contributed by atoms with van der Waals surface area (Å²) < 4.78 is 20.6. The molecule has 0 saturated carbocycles. The smallest absolute Gasteiger partial charge is 0.339 e. The Balaban J connectivity index is 2.45. The van der Waals surface area contributed by atoms with Gasteiger partial charge in [-0.3, -0.25) is 4.79 Å². The first-order valence-electron chi connectivity index (χ1n) is 8.88. The Labute approximate surface area is 162 Å². The highest BCUT2D eigenvalue weighted by molar-refractivity contribution is 5.98. The van der Waals surface area contributed by atoms with E-state index in [4.69, 9.17) is 4.74 Å². The van der Waals surface area contributed by atoms with Crippen molar-refractivity contribution in [3.8, 4) is 11.1 Å². The number of fused-ring (bicyclic) bond motifs is 1. The van der Waals surface area contributed by atoms with E-state index in [9.17, 15) is 19.1 Å². The van der Waals surface area contributed by atoms with E-state index in [1.807, 2.05) is 0 Å². The van der Waals surface area contributed by atoms with Gasteiger partial charge in [0.25, 0.3) is 5.56 Å². The highest BCUT2D eigenvalue weighted by Crippen LogP contribution is 2.36. The molecule has 0 aliphatic carbocycles. The van der Waals surface area contributed by atoms with Crippen molar-refractivity contribution in [2.45, 2.75) is 32.5 Å². The molecule has 0 spiro atoms. The van der Waals surface area contributed by atoms with Crippen molar-refractivity contribution in [2.75, 3.05) is 0 Å². The predicted molar refractivity (Wildman–Crippen MR) is 106 cm³/mol. The average Bonchev–Trinajstić information content (AvgIpc) is 2.63. The number of rotatable bonds is 4. The van der Waals surface area contributed by atoms with Gasteiger partial charge in [0, 0.05) is 18.0 Å². The van der Waals surface area contributed by atoms with Gasteiger partial charge >= 0.3 is 5.97 Å². The Morgan fingerprint density at radius 2 is 1.64 bits per heavy atom. The Hall–Kier alpha value is -2.99. The van der Waals surface area contributed by atoms with Crippen molar-refractivity contribution in [1.82, 2.24) is 4.57 Å². The number of benzene rings is 2. The van der Waals surface area contributed by atoms with Crippen LogP contribution in [0.15, 0.2) is 53.3 Å². The quantitative estimate of drug-likeness (QED) is 0.730. The zero-order valence-corrected chi connectivity index (χ0v) is 16.2. The number of halogens is 1. The maximum atomic E-state index is 13.5. The van der Waals surface area contributed by atoms with Crippen LogP contribution in [0.3, 0.4) is 0 Å². The van der Waals surface area contributed by atoms with Crippen molar-refractivity contribution in [1.29, 1.82) is 0 Å². The van der Waals surface area contributed by atoms with Gasteiger partial charge in [-0.25, -0.2) is 9.18 Å². The molecule has 1 N–H and O–H groups in total. The summed E-state index contributed by atoms with van der Waals surface area (Å²) in [6, 6.07) is 12.7. The minimum atomic E-state index is -1.37. The maximum absolute atomic E-state index is 13.5. The second kappa shape index (κ2) is 7.20. The first-order valence-corrected chi connectivity index (χ1v) is 8.88. The molecule has 146 valence electrons. The van der Waals surface area contributed by atoms with Crippen LogP contribution in [0.5, 0.6) is 0 Å². The molecule has 0 aliphatic heterocycles. The number of hydrogen-bond acceptors (Lipinski definition) is 3. The van der Waals surface area contributed by atoms with Crippen LogP contribution < -0.4 is 5.56 Å². The van der Waals surface area contributed by atoms with Crippen LogP contribution >= 0.6 is 0 Å². The van der Waals surface area contributed by atoms with E-state index in [2.05, 4.69) is 0 Å². The maximum Gasteiger partial charge on any atom is 0.339 e. The van der Waals surface area contributed by atoms with Crippen molar-refractivity contribution < 1.29 is 19.0 Å². The number of nitrogens with zero attached hydrogens (tertiary/aromatic N) is 1. The number of carboxylic acids is 1. The topological polar surface area (TPSA) is 68.5 Å². The minimum absolute atomic E-state index is 0.220. The van der Waals surface area contributed by atoms with Crippen LogP contribution in [-0.4, -0.2) is 21.2 Å². The van der Waals surface area contributed by atoms with Crippen LogP contribution in [0.1, 0.15) is 32.6 Å². The van der Waals surface area contributed by atoms with Gasteiger partial charge in [-0.15, -0.1) is 0 Å². The fraction of sp³-hybridized carbons (Fsp3) is 0.273. The van der Waals surface area contributed by atoms with Gasteiger partial charge < -0.3 is 14.4 Å². The van der Waals surface area contributed by atoms with E-state index in [0.29, 0.717) is 21.9 Å². The largest absolute Gasteiger partial charge is 0.479 e. The fourth-order valence-electron chi connectivity index (χ4n) is 3.29. The molecule has 2 aromatic carbocycles. The Morgan fingerprint density at radius 3 is 2.18 bits per heavy atom. The van der Waals surface area contributed by atoms with Gasteiger partial charge in [0.15, 0.2) is 6.10 Å². The lowest BCUT2D eigenvalue weighted by atomic mass is 9.94. The molecule has 0 aliphatic rings. The van der Waals surface area contributed by atoms with Crippen LogP contribution in [0.25, 0.3) is 21.9 Å². The molecule has 28 heavy (non-hydrogen) atoms. The molecule has 6 heteroatoms. The molecule has 0 radical (unpaired) electrons. The van der Waals surface area contributed by atoms with Crippen molar-refractivity contribution >= 4 is 16.7 Å². The zero-order chi connectivity index (χ0) is 20.6. The van der Waals surface area contributed by atoms with E-state index in [1.54, 1.807) is 57.2 Å². The van der Waals surface area contributed by atoms with Gasteiger partial charge in [-0.1, -0.05) is 30.3 Å². The normalized spacial score (nSPS) is 12.9. The molecule has 1 unspecified atom stereocenters. The van der Waals surface area contributed by atoms with Crippen molar-refractivity contribution in [2.24, 2.45) is 7.05 Å². The summed E-state index contributed by atoms with van der Waals surface area (Å²) in [5.74, 6) is -1.61. The molecule has 0 saturated heterocycles. The van der Waals surface area contributed by atoms with Crippen molar-refractivity contribution in [3.63, 3.8) is 0 Å². The van der Waals surface area contributed by atoms with Crippen molar-refractivity contribution in [3.05, 3.63) is 70.4 Å². The average molecular weight is 383 g/mol. The second-order valence-electron chi connectivity index (χ2n) is 7.63. The second-order valence-corrected chi connectivity index (χ2v) is 7.63. The summed E-state index contributed by atoms with van der Waals surface area (Å²) in [5, 5.41) is 10.9. The minimum Gasteiger partial charge on any atom is -0.479 e. The summed E-state index contributed by atoms with van der Waals surface area (Å²) in [7, 11) is 1.53. The highest BCUT2D eigenvalue weighted by atomic mass is 19.1. The molecule has 5 nitrogen and oxygen atoms in total. The van der Waals surface area contributed by atoms with Gasteiger partial charge in [-0.2, -0.15) is 0 Å². The molecule has 0 fully saturated rings. The number of ether oxygens (including phenoxy) is 1. The number of hydrogen-bond donors (Lipinski definition) is 1. The monoisotopic (exact) mass is 383 g/mol. The fourth-order valence-corrected chi connectivity index (χ4v) is 3.29. The molecule has 1 heterocycles. The number of carboxylic acid groups (broad SMARTS) is 1. The predicted octanol–water partition coefficient (Wildman–Crippen LogP) is 4.29. The summed E-state index contributed by atoms with van der Waals surface area (Å²) in [6.07, 6.45) is -1.37. The third-order valence-corrected chi connectivity index (χ3v) is 4.43. The lowest BCUT2D eigenvalue weighted by molar-refractivity contribution is -0.161. The standard InChI is InChI=1S/C22H22FNO4/c1-22(2,3)28-19(21(26)27)18-17(13-9-11-14(23)12-10-13)15-7-5-6-8-16(15)20(25)24(18)4/h5-12,19H,1-4H3,(H,26,27).